The second-order valence-corrected chi connectivity index (χ2v) is 5.83. The highest BCUT2D eigenvalue weighted by Crippen LogP contribution is 2.36. The number of nitrogens with zero attached hydrogens (tertiary/aromatic N) is 1. The van der Waals surface area contributed by atoms with Gasteiger partial charge < -0.3 is 4.90 Å². The number of ketones is 1. The van der Waals surface area contributed by atoms with Gasteiger partial charge in [-0.2, -0.15) is 0 Å². The van der Waals surface area contributed by atoms with Crippen molar-refractivity contribution in [3.63, 3.8) is 0 Å². The van der Waals surface area contributed by atoms with Gasteiger partial charge in [-0.3, -0.25) is 9.59 Å². The fourth-order valence-electron chi connectivity index (χ4n) is 1.97. The molecule has 0 atom stereocenters. The van der Waals surface area contributed by atoms with Crippen LogP contribution in [0.5, 0.6) is 0 Å². The molecule has 6 heteroatoms. The summed E-state index contributed by atoms with van der Waals surface area (Å²) in [6, 6.07) is 1.78. The van der Waals surface area contributed by atoms with Crippen LogP contribution in [0.25, 0.3) is 0 Å². The smallest absolute Gasteiger partial charge is 0.299 e. The average Bonchev–Trinajstić information content (AvgIpc) is 2.60. The highest BCUT2D eigenvalue weighted by Gasteiger charge is 2.42. The zero-order valence-electron chi connectivity index (χ0n) is 10.5. The second-order valence-electron chi connectivity index (χ2n) is 5.27. The fourth-order valence-corrected chi connectivity index (χ4v) is 2.15. The number of rotatable bonds is 3. The molecule has 0 saturated carbocycles. The summed E-state index contributed by atoms with van der Waals surface area (Å²) < 4.78 is 27.4. The van der Waals surface area contributed by atoms with Crippen LogP contribution in [0.3, 0.4) is 0 Å². The van der Waals surface area contributed by atoms with Gasteiger partial charge in [-0.15, -0.1) is 0 Å². The summed E-state index contributed by atoms with van der Waals surface area (Å²) in [6.07, 6.45) is 0. The second kappa shape index (κ2) is 4.67. The maximum absolute atomic E-state index is 13.8. The van der Waals surface area contributed by atoms with Gasteiger partial charge in [0.25, 0.3) is 11.7 Å². The Bertz CT molecular complexity index is 572. The van der Waals surface area contributed by atoms with Gasteiger partial charge in [0, 0.05) is 11.9 Å². The van der Waals surface area contributed by atoms with Crippen molar-refractivity contribution in [3.8, 4) is 0 Å². The van der Waals surface area contributed by atoms with Crippen molar-refractivity contribution in [3.05, 3.63) is 29.3 Å². The van der Waals surface area contributed by atoms with Gasteiger partial charge in [0.2, 0.25) is 0 Å². The zero-order chi connectivity index (χ0) is 14.4. The molecular formula is C13H12BrF2NO2. The third-order valence-electron chi connectivity index (χ3n) is 2.96. The molecule has 0 N–H and O–H groups in total. The molecule has 1 aliphatic rings. The van der Waals surface area contributed by atoms with Crippen LogP contribution in [-0.2, 0) is 4.79 Å². The van der Waals surface area contributed by atoms with Crippen molar-refractivity contribution in [2.24, 2.45) is 5.41 Å². The van der Waals surface area contributed by atoms with E-state index in [1.54, 1.807) is 0 Å². The lowest BCUT2D eigenvalue weighted by atomic mass is 9.96. The Morgan fingerprint density at radius 2 is 1.79 bits per heavy atom. The summed E-state index contributed by atoms with van der Waals surface area (Å²) >= 11 is 3.30. The molecule has 1 amide bonds. The van der Waals surface area contributed by atoms with Crippen molar-refractivity contribution in [1.82, 2.24) is 0 Å². The minimum absolute atomic E-state index is 0.135. The minimum Gasteiger partial charge on any atom is -0.301 e. The van der Waals surface area contributed by atoms with Crippen molar-refractivity contribution in [2.75, 3.05) is 16.8 Å². The van der Waals surface area contributed by atoms with E-state index in [0.717, 1.165) is 17.0 Å². The lowest BCUT2D eigenvalue weighted by Gasteiger charge is -2.28. The summed E-state index contributed by atoms with van der Waals surface area (Å²) in [7, 11) is 0. The highest BCUT2D eigenvalue weighted by molar-refractivity contribution is 9.09. The van der Waals surface area contributed by atoms with Gasteiger partial charge >= 0.3 is 0 Å². The van der Waals surface area contributed by atoms with Crippen LogP contribution in [-0.4, -0.2) is 23.6 Å². The molecule has 3 nitrogen and oxygen atoms in total. The van der Waals surface area contributed by atoms with Crippen molar-refractivity contribution in [2.45, 2.75) is 13.8 Å². The van der Waals surface area contributed by atoms with Crippen LogP contribution in [0.1, 0.15) is 24.2 Å². The Hall–Kier alpha value is -1.30. The molecule has 0 unspecified atom stereocenters. The van der Waals surface area contributed by atoms with Gasteiger partial charge in [-0.05, 0) is 17.5 Å². The summed E-state index contributed by atoms with van der Waals surface area (Å²) in [5, 5.41) is 0.560. The topological polar surface area (TPSA) is 37.4 Å². The maximum atomic E-state index is 13.8. The van der Waals surface area contributed by atoms with E-state index >= 15 is 0 Å². The van der Waals surface area contributed by atoms with Crippen LogP contribution in [0, 0.1) is 17.0 Å². The first-order valence-corrected chi connectivity index (χ1v) is 6.81. The van der Waals surface area contributed by atoms with Crippen molar-refractivity contribution < 1.29 is 18.4 Å². The normalized spacial score (nSPS) is 15.1. The van der Waals surface area contributed by atoms with E-state index in [2.05, 4.69) is 15.9 Å². The Morgan fingerprint density at radius 3 is 2.37 bits per heavy atom. The molecule has 2 rings (SSSR count). The zero-order valence-corrected chi connectivity index (χ0v) is 12.1. The lowest BCUT2D eigenvalue weighted by Crippen LogP contribution is -2.39. The standard InChI is InChI=1S/C13H12BrF2NO2/c1-13(2,5-14)6-17-10-8(16)4-3-7(15)9(10)11(18)12(17)19/h3-4H,5-6H2,1-2H3. The van der Waals surface area contributed by atoms with Crippen LogP contribution >= 0.6 is 15.9 Å². The van der Waals surface area contributed by atoms with E-state index < -0.39 is 28.9 Å². The molecule has 19 heavy (non-hydrogen) atoms. The molecule has 0 saturated heterocycles. The number of anilines is 1. The first-order valence-electron chi connectivity index (χ1n) is 5.68. The third-order valence-corrected chi connectivity index (χ3v) is 4.48. The number of carbonyl (C=O) groups excluding carboxylic acids is 2. The summed E-state index contributed by atoms with van der Waals surface area (Å²) in [4.78, 5) is 24.7. The van der Waals surface area contributed by atoms with Crippen LogP contribution in [0.4, 0.5) is 14.5 Å². The minimum atomic E-state index is -0.989. The Morgan fingerprint density at radius 1 is 1.21 bits per heavy atom. The van der Waals surface area contributed by atoms with E-state index in [1.807, 2.05) is 13.8 Å². The van der Waals surface area contributed by atoms with E-state index in [-0.39, 0.29) is 17.6 Å². The average molecular weight is 332 g/mol. The van der Waals surface area contributed by atoms with E-state index in [9.17, 15) is 18.4 Å². The first-order chi connectivity index (χ1) is 8.78. The maximum Gasteiger partial charge on any atom is 0.299 e. The van der Waals surface area contributed by atoms with Gasteiger partial charge in [0.05, 0.1) is 11.3 Å². The number of benzene rings is 1. The monoisotopic (exact) mass is 331 g/mol. The molecular weight excluding hydrogens is 320 g/mol. The predicted octanol–water partition coefficient (Wildman–Crippen LogP) is 2.92. The Balaban J connectivity index is 2.53. The number of alkyl halides is 1. The van der Waals surface area contributed by atoms with E-state index in [1.165, 1.54) is 0 Å². The number of fused-ring (bicyclic) bond motifs is 1. The number of halogens is 3. The largest absolute Gasteiger partial charge is 0.301 e. The van der Waals surface area contributed by atoms with Crippen molar-refractivity contribution in [1.29, 1.82) is 0 Å². The lowest BCUT2D eigenvalue weighted by molar-refractivity contribution is -0.114. The summed E-state index contributed by atoms with van der Waals surface area (Å²) in [5.41, 5.74) is -1.07. The molecule has 0 radical (unpaired) electrons. The Kier molecular flexibility index (Phi) is 3.47. The van der Waals surface area contributed by atoms with E-state index in [4.69, 9.17) is 0 Å². The molecule has 1 aliphatic heterocycles. The molecule has 0 aliphatic carbocycles. The van der Waals surface area contributed by atoms with Crippen LogP contribution in [0.15, 0.2) is 12.1 Å². The quantitative estimate of drug-likeness (QED) is 0.630. The molecule has 1 aromatic carbocycles. The molecule has 102 valence electrons. The molecule has 1 heterocycles. The molecule has 0 bridgehead atoms. The Labute approximate surface area is 117 Å². The van der Waals surface area contributed by atoms with Gasteiger partial charge in [-0.1, -0.05) is 29.8 Å². The number of amides is 1. The van der Waals surface area contributed by atoms with E-state index in [0.29, 0.717) is 5.33 Å². The fraction of sp³-hybridized carbons (Fsp3) is 0.385. The van der Waals surface area contributed by atoms with Gasteiger partial charge in [-0.25, -0.2) is 8.78 Å². The third kappa shape index (κ3) is 2.29. The summed E-state index contributed by atoms with van der Waals surface area (Å²) in [6.45, 7) is 3.85. The molecule has 0 aromatic heterocycles. The first kappa shape index (κ1) is 14.1. The van der Waals surface area contributed by atoms with Crippen LogP contribution < -0.4 is 4.90 Å². The van der Waals surface area contributed by atoms with Gasteiger partial charge in [0.15, 0.2) is 0 Å². The van der Waals surface area contributed by atoms with Crippen molar-refractivity contribution >= 4 is 33.3 Å². The number of hydrogen-bond donors (Lipinski definition) is 0. The highest BCUT2D eigenvalue weighted by atomic mass is 79.9. The molecule has 0 spiro atoms. The number of Topliss-reactive ketones (excluding diaryl/α,β-unsaturated/α-hetero) is 1. The van der Waals surface area contributed by atoms with Crippen LogP contribution in [0.2, 0.25) is 0 Å². The number of carbonyl (C=O) groups is 2. The summed E-state index contributed by atoms with van der Waals surface area (Å²) in [5.74, 6) is -3.50. The molecule has 1 aromatic rings. The number of hydrogen-bond acceptors (Lipinski definition) is 2. The molecule has 0 fully saturated rings. The predicted molar refractivity (Wildman–Crippen MR) is 70.6 cm³/mol. The van der Waals surface area contributed by atoms with Gasteiger partial charge in [0.1, 0.15) is 11.6 Å². The SMILES string of the molecule is CC(C)(CBr)CN1C(=O)C(=O)c2c(F)ccc(F)c21.